The normalized spacial score (nSPS) is 16.1. The molecule has 2 rings (SSSR count). The number of aliphatic hydroxyl groups excluding tert-OH is 1. The van der Waals surface area contributed by atoms with Gasteiger partial charge in [0, 0.05) is 12.2 Å². The van der Waals surface area contributed by atoms with Crippen LogP contribution in [0.5, 0.6) is 5.75 Å². The molecule has 0 fully saturated rings. The first-order valence-electron chi connectivity index (χ1n) is 4.74. The molecule has 0 radical (unpaired) electrons. The molecule has 76 valence electrons. The average Bonchev–Trinajstić information content (AvgIpc) is 2.64. The van der Waals surface area contributed by atoms with Gasteiger partial charge in [-0.15, -0.1) is 0 Å². The highest BCUT2D eigenvalue weighted by atomic mass is 32.2. The van der Waals surface area contributed by atoms with Crippen molar-refractivity contribution in [2.75, 3.05) is 18.6 Å². The van der Waals surface area contributed by atoms with Crippen LogP contribution in [-0.4, -0.2) is 23.7 Å². The fourth-order valence-corrected chi connectivity index (χ4v) is 2.18. The lowest BCUT2D eigenvalue weighted by molar-refractivity contribution is 0.204. The van der Waals surface area contributed by atoms with Gasteiger partial charge in [0.15, 0.2) is 0 Å². The van der Waals surface area contributed by atoms with Crippen LogP contribution in [0.4, 0.5) is 0 Å². The second kappa shape index (κ2) is 4.24. The molecular weight excluding hydrogens is 196 g/mol. The molecule has 1 unspecified atom stereocenters. The van der Waals surface area contributed by atoms with Crippen LogP contribution in [0.15, 0.2) is 18.2 Å². The minimum Gasteiger partial charge on any atom is -0.493 e. The largest absolute Gasteiger partial charge is 0.493 e. The number of fused-ring (bicyclic) bond motifs is 1. The van der Waals surface area contributed by atoms with Crippen molar-refractivity contribution in [1.29, 1.82) is 0 Å². The number of hydrogen-bond donors (Lipinski definition) is 1. The lowest BCUT2D eigenvalue weighted by Crippen LogP contribution is -2.00. The summed E-state index contributed by atoms with van der Waals surface area (Å²) in [4.78, 5) is 0. The third-order valence-electron chi connectivity index (χ3n) is 2.42. The standard InChI is InChI=1S/C11H14O2S/c1-14-7-10(12)8-2-3-11-9(6-8)4-5-13-11/h2-3,6,10,12H,4-5,7H2,1H3. The van der Waals surface area contributed by atoms with Crippen molar-refractivity contribution in [3.63, 3.8) is 0 Å². The molecule has 0 amide bonds. The van der Waals surface area contributed by atoms with Crippen LogP contribution in [0.25, 0.3) is 0 Å². The van der Waals surface area contributed by atoms with Gasteiger partial charge in [0.1, 0.15) is 5.75 Å². The zero-order valence-corrected chi connectivity index (χ0v) is 9.01. The van der Waals surface area contributed by atoms with E-state index in [1.165, 1.54) is 5.56 Å². The molecule has 0 aromatic heterocycles. The van der Waals surface area contributed by atoms with Gasteiger partial charge in [-0.05, 0) is 29.5 Å². The fraction of sp³-hybridized carbons (Fsp3) is 0.455. The Hall–Kier alpha value is -0.670. The van der Waals surface area contributed by atoms with Gasteiger partial charge in [-0.2, -0.15) is 11.8 Å². The Morgan fingerprint density at radius 2 is 2.43 bits per heavy atom. The van der Waals surface area contributed by atoms with Crippen LogP contribution in [-0.2, 0) is 6.42 Å². The number of rotatable bonds is 3. The molecule has 1 aliphatic rings. The first-order chi connectivity index (χ1) is 6.81. The van der Waals surface area contributed by atoms with Crippen molar-refractivity contribution < 1.29 is 9.84 Å². The summed E-state index contributed by atoms with van der Waals surface area (Å²) in [6, 6.07) is 5.97. The molecular formula is C11H14O2S. The minimum absolute atomic E-state index is 0.351. The van der Waals surface area contributed by atoms with Gasteiger partial charge in [-0.1, -0.05) is 6.07 Å². The monoisotopic (exact) mass is 210 g/mol. The molecule has 0 saturated heterocycles. The van der Waals surface area contributed by atoms with Gasteiger partial charge in [-0.25, -0.2) is 0 Å². The van der Waals surface area contributed by atoms with Crippen LogP contribution >= 0.6 is 11.8 Å². The van der Waals surface area contributed by atoms with Crippen LogP contribution in [0.1, 0.15) is 17.2 Å². The van der Waals surface area contributed by atoms with E-state index in [4.69, 9.17) is 4.74 Å². The SMILES string of the molecule is CSCC(O)c1ccc2c(c1)CCO2. The van der Waals surface area contributed by atoms with Gasteiger partial charge in [0.2, 0.25) is 0 Å². The molecule has 1 atom stereocenters. The molecule has 14 heavy (non-hydrogen) atoms. The maximum atomic E-state index is 9.79. The van der Waals surface area contributed by atoms with Gasteiger partial charge in [0.05, 0.1) is 12.7 Å². The van der Waals surface area contributed by atoms with Gasteiger partial charge >= 0.3 is 0 Å². The molecule has 1 aromatic carbocycles. The molecule has 2 nitrogen and oxygen atoms in total. The number of ether oxygens (including phenoxy) is 1. The lowest BCUT2D eigenvalue weighted by Gasteiger charge is -2.10. The minimum atomic E-state index is -0.351. The highest BCUT2D eigenvalue weighted by Gasteiger charge is 2.14. The summed E-state index contributed by atoms with van der Waals surface area (Å²) in [5.74, 6) is 1.73. The maximum absolute atomic E-state index is 9.79. The van der Waals surface area contributed by atoms with Crippen molar-refractivity contribution in [3.8, 4) is 5.75 Å². The fourth-order valence-electron chi connectivity index (χ4n) is 1.67. The van der Waals surface area contributed by atoms with Crippen LogP contribution in [0.2, 0.25) is 0 Å². The molecule has 1 N–H and O–H groups in total. The first-order valence-corrected chi connectivity index (χ1v) is 6.13. The van der Waals surface area contributed by atoms with E-state index < -0.39 is 0 Å². The lowest BCUT2D eigenvalue weighted by atomic mass is 10.1. The number of benzene rings is 1. The van der Waals surface area contributed by atoms with Crippen molar-refractivity contribution >= 4 is 11.8 Å². The van der Waals surface area contributed by atoms with E-state index in [1.807, 2.05) is 18.4 Å². The van der Waals surface area contributed by atoms with Crippen molar-refractivity contribution in [2.45, 2.75) is 12.5 Å². The summed E-state index contributed by atoms with van der Waals surface area (Å²) in [6.07, 6.45) is 2.62. The van der Waals surface area contributed by atoms with E-state index in [2.05, 4.69) is 6.07 Å². The van der Waals surface area contributed by atoms with E-state index in [-0.39, 0.29) is 6.10 Å². The molecule has 1 aliphatic heterocycles. The average molecular weight is 210 g/mol. The summed E-state index contributed by atoms with van der Waals surface area (Å²) < 4.78 is 5.41. The summed E-state index contributed by atoms with van der Waals surface area (Å²) >= 11 is 1.66. The molecule has 0 aliphatic carbocycles. The number of hydrogen-bond acceptors (Lipinski definition) is 3. The van der Waals surface area contributed by atoms with Crippen molar-refractivity contribution in [2.24, 2.45) is 0 Å². The Morgan fingerprint density at radius 3 is 3.21 bits per heavy atom. The van der Waals surface area contributed by atoms with Gasteiger partial charge in [-0.3, -0.25) is 0 Å². The Bertz CT molecular complexity index is 325. The Balaban J connectivity index is 2.19. The third-order valence-corrected chi connectivity index (χ3v) is 3.07. The molecule has 1 heterocycles. The summed E-state index contributed by atoms with van der Waals surface area (Å²) in [5, 5.41) is 9.79. The summed E-state index contributed by atoms with van der Waals surface area (Å²) in [5.41, 5.74) is 2.23. The first kappa shape index (κ1) is 9.87. The van der Waals surface area contributed by atoms with Crippen molar-refractivity contribution in [3.05, 3.63) is 29.3 Å². The topological polar surface area (TPSA) is 29.5 Å². The van der Waals surface area contributed by atoms with E-state index in [9.17, 15) is 5.11 Å². The second-order valence-corrected chi connectivity index (χ2v) is 4.35. The predicted molar refractivity (Wildman–Crippen MR) is 59.0 cm³/mol. The molecule has 3 heteroatoms. The van der Waals surface area contributed by atoms with Crippen LogP contribution in [0.3, 0.4) is 0 Å². The second-order valence-electron chi connectivity index (χ2n) is 3.44. The highest BCUT2D eigenvalue weighted by molar-refractivity contribution is 7.98. The molecule has 0 spiro atoms. The smallest absolute Gasteiger partial charge is 0.122 e. The van der Waals surface area contributed by atoms with E-state index in [0.29, 0.717) is 0 Å². The van der Waals surface area contributed by atoms with Crippen LogP contribution in [0, 0.1) is 0 Å². The van der Waals surface area contributed by atoms with Gasteiger partial charge in [0.25, 0.3) is 0 Å². The van der Waals surface area contributed by atoms with E-state index in [0.717, 1.165) is 30.1 Å². The number of thioether (sulfide) groups is 1. The summed E-state index contributed by atoms with van der Waals surface area (Å²) in [6.45, 7) is 0.775. The maximum Gasteiger partial charge on any atom is 0.122 e. The predicted octanol–water partition coefficient (Wildman–Crippen LogP) is 2.02. The Kier molecular flexibility index (Phi) is 2.99. The van der Waals surface area contributed by atoms with Gasteiger partial charge < -0.3 is 9.84 Å². The molecule has 0 bridgehead atoms. The van der Waals surface area contributed by atoms with Crippen LogP contribution < -0.4 is 4.74 Å². The summed E-state index contributed by atoms with van der Waals surface area (Å²) in [7, 11) is 0. The Labute approximate surface area is 88.3 Å². The van der Waals surface area contributed by atoms with E-state index >= 15 is 0 Å². The zero-order chi connectivity index (χ0) is 9.97. The molecule has 0 saturated carbocycles. The molecule has 1 aromatic rings. The number of aliphatic hydroxyl groups is 1. The highest BCUT2D eigenvalue weighted by Crippen LogP contribution is 2.28. The zero-order valence-electron chi connectivity index (χ0n) is 8.19. The quantitative estimate of drug-likeness (QED) is 0.827. The third kappa shape index (κ3) is 1.88. The van der Waals surface area contributed by atoms with Crippen molar-refractivity contribution in [1.82, 2.24) is 0 Å². The Morgan fingerprint density at radius 1 is 1.57 bits per heavy atom. The van der Waals surface area contributed by atoms with E-state index in [1.54, 1.807) is 11.8 Å².